The molecule has 0 aromatic rings. The van der Waals surface area contributed by atoms with E-state index in [9.17, 15) is 4.79 Å². The fourth-order valence-electron chi connectivity index (χ4n) is 1.85. The Hall–Kier alpha value is -0.610. The number of aliphatic carboxylic acids is 1. The molecule has 0 saturated carbocycles. The lowest BCUT2D eigenvalue weighted by molar-refractivity contribution is -0.146. The van der Waals surface area contributed by atoms with Gasteiger partial charge in [-0.15, -0.1) is 0 Å². The molecule has 0 spiro atoms. The fraction of sp³-hybridized carbons (Fsp3) is 0.889. The minimum atomic E-state index is -0.791. The first-order valence-corrected chi connectivity index (χ1v) is 4.65. The van der Waals surface area contributed by atoms with Gasteiger partial charge in [-0.3, -0.25) is 4.79 Å². The molecule has 1 saturated heterocycles. The SMILES string of the molecule is CO[C@H]([C@@H]1CCCN1)[C@@H](C)C(=O)O. The quantitative estimate of drug-likeness (QED) is 0.672. The van der Waals surface area contributed by atoms with Crippen molar-refractivity contribution in [1.29, 1.82) is 0 Å². The third kappa shape index (κ3) is 2.42. The Morgan fingerprint density at radius 1 is 1.69 bits per heavy atom. The third-order valence-corrected chi connectivity index (χ3v) is 2.65. The van der Waals surface area contributed by atoms with E-state index in [1.807, 2.05) is 0 Å². The summed E-state index contributed by atoms with van der Waals surface area (Å²) in [6, 6.07) is 0.205. The Morgan fingerprint density at radius 3 is 2.77 bits per heavy atom. The molecule has 0 aliphatic carbocycles. The molecule has 4 nitrogen and oxygen atoms in total. The zero-order valence-electron chi connectivity index (χ0n) is 8.12. The lowest BCUT2D eigenvalue weighted by Gasteiger charge is -2.25. The molecular weight excluding hydrogens is 170 g/mol. The van der Waals surface area contributed by atoms with Gasteiger partial charge in [0.05, 0.1) is 12.0 Å². The number of methoxy groups -OCH3 is 1. The second kappa shape index (κ2) is 4.58. The van der Waals surface area contributed by atoms with E-state index in [1.54, 1.807) is 14.0 Å². The van der Waals surface area contributed by atoms with Crippen LogP contribution in [0.5, 0.6) is 0 Å². The molecule has 0 aromatic carbocycles. The minimum absolute atomic E-state index is 0.205. The van der Waals surface area contributed by atoms with Gasteiger partial charge in [-0.1, -0.05) is 0 Å². The van der Waals surface area contributed by atoms with E-state index in [0.717, 1.165) is 19.4 Å². The van der Waals surface area contributed by atoms with Crippen molar-refractivity contribution in [1.82, 2.24) is 5.32 Å². The fourth-order valence-corrected chi connectivity index (χ4v) is 1.85. The molecule has 0 amide bonds. The van der Waals surface area contributed by atoms with Crippen molar-refractivity contribution in [3.05, 3.63) is 0 Å². The second-order valence-corrected chi connectivity index (χ2v) is 3.53. The smallest absolute Gasteiger partial charge is 0.308 e. The van der Waals surface area contributed by atoms with E-state index in [2.05, 4.69) is 5.32 Å². The van der Waals surface area contributed by atoms with Crippen molar-refractivity contribution in [2.75, 3.05) is 13.7 Å². The summed E-state index contributed by atoms with van der Waals surface area (Å²) >= 11 is 0. The molecule has 13 heavy (non-hydrogen) atoms. The van der Waals surface area contributed by atoms with Crippen molar-refractivity contribution in [2.45, 2.75) is 31.9 Å². The summed E-state index contributed by atoms with van der Waals surface area (Å²) in [6.07, 6.45) is 1.91. The minimum Gasteiger partial charge on any atom is -0.481 e. The number of ether oxygens (including phenoxy) is 1. The normalized spacial score (nSPS) is 27.1. The largest absolute Gasteiger partial charge is 0.481 e. The zero-order valence-corrected chi connectivity index (χ0v) is 8.12. The molecule has 0 radical (unpaired) electrons. The molecule has 2 N–H and O–H groups in total. The van der Waals surface area contributed by atoms with Gasteiger partial charge in [0.2, 0.25) is 0 Å². The molecule has 0 aromatic heterocycles. The number of hydrogen-bond acceptors (Lipinski definition) is 3. The maximum Gasteiger partial charge on any atom is 0.308 e. The topological polar surface area (TPSA) is 58.6 Å². The first kappa shape index (κ1) is 10.5. The zero-order chi connectivity index (χ0) is 9.84. The van der Waals surface area contributed by atoms with Crippen LogP contribution in [0.1, 0.15) is 19.8 Å². The first-order chi connectivity index (χ1) is 6.16. The summed E-state index contributed by atoms with van der Waals surface area (Å²) in [6.45, 7) is 2.66. The standard InChI is InChI=1S/C9H17NO3/c1-6(9(11)12)8(13-2)7-4-3-5-10-7/h6-8,10H,3-5H2,1-2H3,(H,11,12)/t6-,7+,8+/m1/s1. The van der Waals surface area contributed by atoms with Gasteiger partial charge < -0.3 is 15.2 Å². The Bertz CT molecular complexity index is 178. The van der Waals surface area contributed by atoms with Gasteiger partial charge in [0.15, 0.2) is 0 Å². The highest BCUT2D eigenvalue weighted by Gasteiger charge is 2.32. The van der Waals surface area contributed by atoms with Crippen LogP contribution in [0, 0.1) is 5.92 Å². The summed E-state index contributed by atoms with van der Waals surface area (Å²) in [5.74, 6) is -1.24. The molecule has 0 unspecified atom stereocenters. The third-order valence-electron chi connectivity index (χ3n) is 2.65. The van der Waals surface area contributed by atoms with Gasteiger partial charge in [0.1, 0.15) is 0 Å². The van der Waals surface area contributed by atoms with Crippen molar-refractivity contribution in [2.24, 2.45) is 5.92 Å². The average Bonchev–Trinajstić information content (AvgIpc) is 2.58. The van der Waals surface area contributed by atoms with Gasteiger partial charge in [-0.05, 0) is 26.3 Å². The van der Waals surface area contributed by atoms with E-state index < -0.39 is 11.9 Å². The van der Waals surface area contributed by atoms with Gasteiger partial charge in [0, 0.05) is 13.2 Å². The Labute approximate surface area is 78.3 Å². The Kier molecular flexibility index (Phi) is 3.69. The van der Waals surface area contributed by atoms with E-state index in [1.165, 1.54) is 0 Å². The maximum atomic E-state index is 10.7. The summed E-state index contributed by atoms with van der Waals surface area (Å²) in [5, 5.41) is 12.1. The molecule has 1 rings (SSSR count). The van der Waals surface area contributed by atoms with Crippen molar-refractivity contribution in [3.8, 4) is 0 Å². The van der Waals surface area contributed by atoms with Crippen LogP contribution < -0.4 is 5.32 Å². The highest BCUT2D eigenvalue weighted by molar-refractivity contribution is 5.70. The number of carboxylic acids is 1. The van der Waals surface area contributed by atoms with Crippen LogP contribution in [0.15, 0.2) is 0 Å². The van der Waals surface area contributed by atoms with E-state index >= 15 is 0 Å². The molecule has 1 fully saturated rings. The monoisotopic (exact) mass is 187 g/mol. The predicted molar refractivity (Wildman–Crippen MR) is 48.6 cm³/mol. The summed E-state index contributed by atoms with van der Waals surface area (Å²) in [7, 11) is 1.57. The lowest BCUT2D eigenvalue weighted by atomic mass is 9.97. The van der Waals surface area contributed by atoms with Gasteiger partial charge >= 0.3 is 5.97 Å². The van der Waals surface area contributed by atoms with E-state index in [0.29, 0.717) is 0 Å². The Balaban J connectivity index is 2.54. The van der Waals surface area contributed by atoms with E-state index in [-0.39, 0.29) is 12.1 Å². The van der Waals surface area contributed by atoms with Crippen LogP contribution in [0.25, 0.3) is 0 Å². The molecule has 3 atom stereocenters. The number of rotatable bonds is 4. The number of hydrogen-bond donors (Lipinski definition) is 2. The molecule has 0 bridgehead atoms. The number of carboxylic acid groups (broad SMARTS) is 1. The number of carbonyl (C=O) groups is 1. The average molecular weight is 187 g/mol. The second-order valence-electron chi connectivity index (χ2n) is 3.53. The summed E-state index contributed by atoms with van der Waals surface area (Å²) < 4.78 is 5.21. The molecule has 76 valence electrons. The van der Waals surface area contributed by atoms with Gasteiger partial charge in [-0.25, -0.2) is 0 Å². The Morgan fingerprint density at radius 2 is 2.38 bits per heavy atom. The van der Waals surface area contributed by atoms with Crippen molar-refractivity contribution in [3.63, 3.8) is 0 Å². The maximum absolute atomic E-state index is 10.7. The molecule has 1 heterocycles. The van der Waals surface area contributed by atoms with Crippen LogP contribution in [0.4, 0.5) is 0 Å². The van der Waals surface area contributed by atoms with E-state index in [4.69, 9.17) is 9.84 Å². The number of nitrogens with one attached hydrogen (secondary N) is 1. The summed E-state index contributed by atoms with van der Waals surface area (Å²) in [5.41, 5.74) is 0. The summed E-state index contributed by atoms with van der Waals surface area (Å²) in [4.78, 5) is 10.7. The predicted octanol–water partition coefficient (Wildman–Crippen LogP) is 0.474. The highest BCUT2D eigenvalue weighted by Crippen LogP contribution is 2.18. The van der Waals surface area contributed by atoms with Crippen LogP contribution >= 0.6 is 0 Å². The van der Waals surface area contributed by atoms with Gasteiger partial charge in [0.25, 0.3) is 0 Å². The van der Waals surface area contributed by atoms with Crippen molar-refractivity contribution < 1.29 is 14.6 Å². The molecule has 4 heteroatoms. The first-order valence-electron chi connectivity index (χ1n) is 4.65. The van der Waals surface area contributed by atoms with Crippen molar-refractivity contribution >= 4 is 5.97 Å². The highest BCUT2D eigenvalue weighted by atomic mass is 16.5. The van der Waals surface area contributed by atoms with Crippen LogP contribution in [0.3, 0.4) is 0 Å². The van der Waals surface area contributed by atoms with Crippen LogP contribution in [-0.2, 0) is 9.53 Å². The molecule has 1 aliphatic heterocycles. The van der Waals surface area contributed by atoms with Crippen LogP contribution in [-0.4, -0.2) is 36.9 Å². The van der Waals surface area contributed by atoms with Gasteiger partial charge in [-0.2, -0.15) is 0 Å². The van der Waals surface area contributed by atoms with Crippen LogP contribution in [0.2, 0.25) is 0 Å². The lowest BCUT2D eigenvalue weighted by Crippen LogP contribution is -2.43. The molecular formula is C9H17NO3. The molecule has 1 aliphatic rings.